The molecule has 2 rings (SSSR count). The summed E-state index contributed by atoms with van der Waals surface area (Å²) in [5.41, 5.74) is 1.18. The molecule has 1 N–H and O–H groups in total. The molecule has 0 amide bonds. The van der Waals surface area contributed by atoms with E-state index in [2.05, 4.69) is 5.32 Å². The van der Waals surface area contributed by atoms with Crippen molar-refractivity contribution >= 4 is 21.4 Å². The third-order valence-corrected chi connectivity index (χ3v) is 5.92. The normalized spacial score (nSPS) is 17.0. The highest BCUT2D eigenvalue weighted by molar-refractivity contribution is 7.89. The highest BCUT2D eigenvalue weighted by Crippen LogP contribution is 2.25. The molecular formula is C11H18N2O2S2. The van der Waals surface area contributed by atoms with Crippen molar-refractivity contribution in [2.75, 3.05) is 25.9 Å². The fourth-order valence-corrected chi connectivity index (χ4v) is 4.38. The van der Waals surface area contributed by atoms with Crippen molar-refractivity contribution in [1.82, 2.24) is 9.62 Å². The molecule has 0 saturated heterocycles. The Bertz CT molecular complexity index is 468. The molecule has 0 bridgehead atoms. The van der Waals surface area contributed by atoms with Crippen LogP contribution in [0.2, 0.25) is 0 Å². The number of rotatable bonds is 5. The maximum atomic E-state index is 12.1. The van der Waals surface area contributed by atoms with Crippen LogP contribution >= 0.6 is 11.3 Å². The molecule has 0 spiro atoms. The summed E-state index contributed by atoms with van der Waals surface area (Å²) in [5, 5.41) is 5.02. The summed E-state index contributed by atoms with van der Waals surface area (Å²) in [7, 11) is -1.24. The molecule has 96 valence electrons. The van der Waals surface area contributed by atoms with E-state index in [9.17, 15) is 8.42 Å². The van der Waals surface area contributed by atoms with Crippen LogP contribution in [0.15, 0.2) is 11.4 Å². The number of thiophene rings is 1. The lowest BCUT2D eigenvalue weighted by molar-refractivity contribution is 0.393. The third-order valence-electron chi connectivity index (χ3n) is 3.00. The van der Waals surface area contributed by atoms with Gasteiger partial charge in [-0.2, -0.15) is 4.31 Å². The van der Waals surface area contributed by atoms with Crippen molar-refractivity contribution < 1.29 is 8.42 Å². The fraction of sp³-hybridized carbons (Fsp3) is 0.636. The Morgan fingerprint density at radius 1 is 1.53 bits per heavy atom. The first-order valence-corrected chi connectivity index (χ1v) is 8.30. The third kappa shape index (κ3) is 3.07. The van der Waals surface area contributed by atoms with Crippen molar-refractivity contribution in [1.29, 1.82) is 0 Å². The van der Waals surface area contributed by atoms with Crippen molar-refractivity contribution in [2.45, 2.75) is 19.4 Å². The lowest BCUT2D eigenvalue weighted by atomic mass is 10.1. The van der Waals surface area contributed by atoms with Gasteiger partial charge in [0.05, 0.1) is 5.75 Å². The number of nitrogens with zero attached hydrogens (tertiary/aromatic N) is 1. The zero-order valence-electron chi connectivity index (χ0n) is 9.98. The molecule has 17 heavy (non-hydrogen) atoms. The molecule has 6 heteroatoms. The first-order chi connectivity index (χ1) is 8.13. The van der Waals surface area contributed by atoms with Crippen LogP contribution in [-0.4, -0.2) is 38.6 Å². The van der Waals surface area contributed by atoms with Gasteiger partial charge in [0, 0.05) is 18.0 Å². The predicted octanol–water partition coefficient (Wildman–Crippen LogP) is 1.05. The highest BCUT2D eigenvalue weighted by Gasteiger charge is 2.26. The molecule has 0 atom stereocenters. The van der Waals surface area contributed by atoms with Gasteiger partial charge in [0.25, 0.3) is 0 Å². The van der Waals surface area contributed by atoms with E-state index in [0.717, 1.165) is 13.0 Å². The van der Waals surface area contributed by atoms with Gasteiger partial charge in [0.1, 0.15) is 0 Å². The van der Waals surface area contributed by atoms with E-state index in [1.54, 1.807) is 15.6 Å². The number of hydrogen-bond donors (Lipinski definition) is 1. The van der Waals surface area contributed by atoms with E-state index < -0.39 is 10.0 Å². The maximum Gasteiger partial charge on any atom is 0.214 e. The van der Waals surface area contributed by atoms with Crippen molar-refractivity contribution in [3.8, 4) is 0 Å². The Balaban J connectivity index is 2.00. The first-order valence-electron chi connectivity index (χ1n) is 5.81. The quantitative estimate of drug-likeness (QED) is 0.816. The second kappa shape index (κ2) is 5.48. The molecule has 1 aliphatic heterocycles. The topological polar surface area (TPSA) is 49.4 Å². The first kappa shape index (κ1) is 13.0. The summed E-state index contributed by atoms with van der Waals surface area (Å²) in [5.74, 6) is 0.243. The molecule has 0 saturated carbocycles. The Labute approximate surface area is 107 Å². The maximum absolute atomic E-state index is 12.1. The summed E-state index contributed by atoms with van der Waals surface area (Å²) < 4.78 is 25.8. The summed E-state index contributed by atoms with van der Waals surface area (Å²) in [6.45, 7) is 1.94. The molecule has 2 heterocycles. The van der Waals surface area contributed by atoms with E-state index in [4.69, 9.17) is 0 Å². The Kier molecular flexibility index (Phi) is 4.19. The van der Waals surface area contributed by atoms with Crippen LogP contribution in [0.1, 0.15) is 16.9 Å². The van der Waals surface area contributed by atoms with Gasteiger partial charge in [-0.1, -0.05) is 0 Å². The largest absolute Gasteiger partial charge is 0.320 e. The number of nitrogens with one attached hydrogen (secondary N) is 1. The molecule has 1 aliphatic rings. The SMILES string of the molecule is CNCCCS(=O)(=O)N1CCc2sccc2C1. The predicted molar refractivity (Wildman–Crippen MR) is 70.8 cm³/mol. The van der Waals surface area contributed by atoms with Gasteiger partial charge in [-0.15, -0.1) is 11.3 Å². The lowest BCUT2D eigenvalue weighted by Crippen LogP contribution is -2.37. The summed E-state index contributed by atoms with van der Waals surface area (Å²) in [6, 6.07) is 2.04. The molecule has 0 unspecified atom stereocenters. The van der Waals surface area contributed by atoms with Crippen LogP contribution in [0, 0.1) is 0 Å². The van der Waals surface area contributed by atoms with E-state index in [-0.39, 0.29) is 5.75 Å². The van der Waals surface area contributed by atoms with Gasteiger partial charge in [0.2, 0.25) is 10.0 Å². The van der Waals surface area contributed by atoms with E-state index in [1.165, 1.54) is 10.4 Å². The molecular weight excluding hydrogens is 256 g/mol. The standard InChI is InChI=1S/C11H18N2O2S2/c1-12-5-2-8-17(14,15)13-6-3-11-10(9-13)4-7-16-11/h4,7,12H,2-3,5-6,8-9H2,1H3. The second-order valence-corrected chi connectivity index (χ2v) is 7.31. The minimum atomic E-state index is -3.08. The highest BCUT2D eigenvalue weighted by atomic mass is 32.2. The minimum absolute atomic E-state index is 0.243. The average Bonchev–Trinajstić information content (AvgIpc) is 2.76. The van der Waals surface area contributed by atoms with Gasteiger partial charge < -0.3 is 5.32 Å². The number of hydrogen-bond acceptors (Lipinski definition) is 4. The van der Waals surface area contributed by atoms with Crippen molar-refractivity contribution in [3.63, 3.8) is 0 Å². The van der Waals surface area contributed by atoms with Crippen LogP contribution in [0.25, 0.3) is 0 Å². The fourth-order valence-electron chi connectivity index (χ4n) is 2.02. The Morgan fingerprint density at radius 3 is 3.12 bits per heavy atom. The van der Waals surface area contributed by atoms with E-state index in [1.807, 2.05) is 18.5 Å². The summed E-state index contributed by atoms with van der Waals surface area (Å²) in [6.07, 6.45) is 1.53. The van der Waals surface area contributed by atoms with Gasteiger partial charge in [-0.3, -0.25) is 0 Å². The van der Waals surface area contributed by atoms with Crippen molar-refractivity contribution in [3.05, 3.63) is 21.9 Å². The van der Waals surface area contributed by atoms with Crippen molar-refractivity contribution in [2.24, 2.45) is 0 Å². The molecule has 0 radical (unpaired) electrons. The van der Waals surface area contributed by atoms with Crippen LogP contribution in [0.5, 0.6) is 0 Å². The van der Waals surface area contributed by atoms with Gasteiger partial charge >= 0.3 is 0 Å². The zero-order chi connectivity index (χ0) is 12.3. The van der Waals surface area contributed by atoms with Gasteiger partial charge in [-0.05, 0) is 43.4 Å². The smallest absolute Gasteiger partial charge is 0.214 e. The molecule has 0 aliphatic carbocycles. The number of fused-ring (bicyclic) bond motifs is 1. The second-order valence-electron chi connectivity index (χ2n) is 4.23. The summed E-state index contributed by atoms with van der Waals surface area (Å²) in [4.78, 5) is 1.34. The van der Waals surface area contributed by atoms with E-state index >= 15 is 0 Å². The lowest BCUT2D eigenvalue weighted by Gasteiger charge is -2.26. The van der Waals surface area contributed by atoms with Crippen LogP contribution in [0.3, 0.4) is 0 Å². The van der Waals surface area contributed by atoms with E-state index in [0.29, 0.717) is 19.5 Å². The summed E-state index contributed by atoms with van der Waals surface area (Å²) >= 11 is 1.73. The molecule has 1 aromatic rings. The van der Waals surface area contributed by atoms with Gasteiger partial charge in [-0.25, -0.2) is 8.42 Å². The van der Waals surface area contributed by atoms with Crippen LogP contribution in [0.4, 0.5) is 0 Å². The van der Waals surface area contributed by atoms with Crippen LogP contribution < -0.4 is 5.32 Å². The average molecular weight is 274 g/mol. The van der Waals surface area contributed by atoms with Crippen LogP contribution in [-0.2, 0) is 23.0 Å². The van der Waals surface area contributed by atoms with Gasteiger partial charge in [0.15, 0.2) is 0 Å². The minimum Gasteiger partial charge on any atom is -0.320 e. The monoisotopic (exact) mass is 274 g/mol. The number of sulfonamides is 1. The molecule has 0 fully saturated rings. The Hall–Kier alpha value is -0.430. The molecule has 4 nitrogen and oxygen atoms in total. The zero-order valence-corrected chi connectivity index (χ0v) is 11.6. The molecule has 1 aromatic heterocycles. The Morgan fingerprint density at radius 2 is 2.35 bits per heavy atom. The molecule has 0 aromatic carbocycles.